The first-order valence-corrected chi connectivity index (χ1v) is 10.8. The Labute approximate surface area is 165 Å². The number of benzene rings is 2. The van der Waals surface area contributed by atoms with Gasteiger partial charge in [-0.15, -0.1) is 0 Å². The standard InChI is InChI=1S/C12H14ClNO2.C8H10O2S/c1-16-12(15)5-7-14-6-4-9-8-10(13)2-3-11(9)14;1-7-3-5-8(6-4-7)11(2,9)10/h2-3,8H,4-7H2,1H3;3-6H,1-2H3. The molecule has 3 rings (SSSR count). The second kappa shape index (κ2) is 9.24. The number of aryl methyl sites for hydroxylation is 1. The minimum absolute atomic E-state index is 0.164. The lowest BCUT2D eigenvalue weighted by atomic mass is 10.2. The Morgan fingerprint density at radius 1 is 1.19 bits per heavy atom. The number of halogens is 1. The van der Waals surface area contributed by atoms with Crippen LogP contribution in [0.2, 0.25) is 5.02 Å². The van der Waals surface area contributed by atoms with Crippen molar-refractivity contribution in [2.45, 2.75) is 24.7 Å². The Bertz CT molecular complexity index is 895. The van der Waals surface area contributed by atoms with Crippen LogP contribution >= 0.6 is 11.6 Å². The predicted octanol–water partition coefficient (Wildman–Crippen LogP) is 3.66. The zero-order valence-corrected chi connectivity index (χ0v) is 17.3. The van der Waals surface area contributed by atoms with Gasteiger partial charge in [0.1, 0.15) is 0 Å². The molecular weight excluding hydrogens is 386 g/mol. The summed E-state index contributed by atoms with van der Waals surface area (Å²) in [5, 5.41) is 0.772. The van der Waals surface area contributed by atoms with Gasteiger partial charge in [-0.2, -0.15) is 0 Å². The number of carbonyl (C=O) groups is 1. The zero-order chi connectivity index (χ0) is 20.0. The highest BCUT2D eigenvalue weighted by Gasteiger charge is 2.19. The molecule has 0 amide bonds. The van der Waals surface area contributed by atoms with Gasteiger partial charge in [0.15, 0.2) is 9.84 Å². The van der Waals surface area contributed by atoms with Crippen LogP contribution in [0.15, 0.2) is 47.4 Å². The van der Waals surface area contributed by atoms with E-state index in [9.17, 15) is 13.2 Å². The first-order valence-electron chi connectivity index (χ1n) is 8.57. The van der Waals surface area contributed by atoms with E-state index in [1.165, 1.54) is 24.6 Å². The van der Waals surface area contributed by atoms with Gasteiger partial charge >= 0.3 is 5.97 Å². The van der Waals surface area contributed by atoms with Crippen molar-refractivity contribution < 1.29 is 17.9 Å². The fraction of sp³-hybridized carbons (Fsp3) is 0.350. The van der Waals surface area contributed by atoms with Gasteiger partial charge in [-0.3, -0.25) is 4.79 Å². The van der Waals surface area contributed by atoms with Crippen LogP contribution in [-0.4, -0.2) is 40.8 Å². The van der Waals surface area contributed by atoms with Crippen molar-refractivity contribution in [1.29, 1.82) is 0 Å². The molecule has 0 aliphatic carbocycles. The third-order valence-corrected chi connectivity index (χ3v) is 5.66. The molecule has 0 atom stereocenters. The van der Waals surface area contributed by atoms with Crippen molar-refractivity contribution in [3.05, 3.63) is 58.6 Å². The molecule has 0 aromatic heterocycles. The topological polar surface area (TPSA) is 63.7 Å². The van der Waals surface area contributed by atoms with Gasteiger partial charge in [0.05, 0.1) is 18.4 Å². The number of esters is 1. The summed E-state index contributed by atoms with van der Waals surface area (Å²) in [5.41, 5.74) is 3.52. The Kier molecular flexibility index (Phi) is 7.27. The smallest absolute Gasteiger partial charge is 0.307 e. The average molecular weight is 410 g/mol. The number of fused-ring (bicyclic) bond motifs is 1. The molecule has 1 aliphatic heterocycles. The van der Waals surface area contributed by atoms with Gasteiger partial charge in [0, 0.05) is 30.1 Å². The zero-order valence-electron chi connectivity index (χ0n) is 15.7. The average Bonchev–Trinajstić information content (AvgIpc) is 3.01. The maximum absolute atomic E-state index is 11.1. The van der Waals surface area contributed by atoms with Gasteiger partial charge in [-0.1, -0.05) is 29.3 Å². The maximum Gasteiger partial charge on any atom is 0.307 e. The normalized spacial score (nSPS) is 12.8. The molecule has 0 unspecified atom stereocenters. The molecule has 5 nitrogen and oxygen atoms in total. The Morgan fingerprint density at radius 3 is 2.44 bits per heavy atom. The van der Waals surface area contributed by atoms with Crippen LogP contribution in [0.5, 0.6) is 0 Å². The molecule has 2 aromatic carbocycles. The third kappa shape index (κ3) is 6.26. The third-order valence-electron chi connectivity index (χ3n) is 4.30. The molecule has 27 heavy (non-hydrogen) atoms. The van der Waals surface area contributed by atoms with E-state index >= 15 is 0 Å². The molecule has 1 heterocycles. The van der Waals surface area contributed by atoms with E-state index in [2.05, 4.69) is 9.64 Å². The molecule has 0 N–H and O–H groups in total. The van der Waals surface area contributed by atoms with Gasteiger partial charge in [-0.25, -0.2) is 8.42 Å². The lowest BCUT2D eigenvalue weighted by molar-refractivity contribution is -0.140. The molecule has 7 heteroatoms. The quantitative estimate of drug-likeness (QED) is 0.721. The van der Waals surface area contributed by atoms with E-state index in [1.54, 1.807) is 24.3 Å². The Balaban J connectivity index is 0.000000208. The van der Waals surface area contributed by atoms with E-state index < -0.39 is 9.84 Å². The summed E-state index contributed by atoms with van der Waals surface area (Å²) in [5.74, 6) is -0.164. The second-order valence-electron chi connectivity index (χ2n) is 6.42. The number of rotatable bonds is 4. The minimum Gasteiger partial charge on any atom is -0.469 e. The number of anilines is 1. The van der Waals surface area contributed by atoms with Crippen molar-refractivity contribution in [2.24, 2.45) is 0 Å². The summed E-state index contributed by atoms with van der Waals surface area (Å²) in [6, 6.07) is 12.7. The van der Waals surface area contributed by atoms with Crippen LogP contribution in [-0.2, 0) is 25.8 Å². The highest BCUT2D eigenvalue weighted by Crippen LogP contribution is 2.30. The molecule has 0 spiro atoms. The number of nitrogens with zero attached hydrogens (tertiary/aromatic N) is 1. The summed E-state index contributed by atoms with van der Waals surface area (Å²) in [6.07, 6.45) is 2.63. The minimum atomic E-state index is -3.02. The molecular formula is C20H24ClNO4S. The van der Waals surface area contributed by atoms with E-state index in [0.717, 1.165) is 23.6 Å². The highest BCUT2D eigenvalue weighted by molar-refractivity contribution is 7.90. The van der Waals surface area contributed by atoms with Crippen molar-refractivity contribution >= 4 is 33.1 Å². The molecule has 0 saturated carbocycles. The van der Waals surface area contributed by atoms with Gasteiger partial charge in [-0.05, 0) is 49.2 Å². The van der Waals surface area contributed by atoms with E-state index in [-0.39, 0.29) is 5.97 Å². The van der Waals surface area contributed by atoms with Crippen LogP contribution < -0.4 is 4.90 Å². The van der Waals surface area contributed by atoms with Crippen LogP contribution in [0.25, 0.3) is 0 Å². The highest BCUT2D eigenvalue weighted by atomic mass is 35.5. The van der Waals surface area contributed by atoms with Crippen LogP contribution in [0.4, 0.5) is 5.69 Å². The fourth-order valence-electron chi connectivity index (χ4n) is 2.78. The maximum atomic E-state index is 11.1. The molecule has 0 radical (unpaired) electrons. The molecule has 1 aliphatic rings. The van der Waals surface area contributed by atoms with E-state index in [4.69, 9.17) is 11.6 Å². The van der Waals surface area contributed by atoms with Gasteiger partial charge in [0.25, 0.3) is 0 Å². The summed E-state index contributed by atoms with van der Waals surface area (Å²) >= 11 is 5.93. The second-order valence-corrected chi connectivity index (χ2v) is 8.87. The van der Waals surface area contributed by atoms with E-state index in [1.807, 2.05) is 25.1 Å². The van der Waals surface area contributed by atoms with E-state index in [0.29, 0.717) is 17.9 Å². The Hall–Kier alpha value is -2.05. The first kappa shape index (κ1) is 21.3. The summed E-state index contributed by atoms with van der Waals surface area (Å²) in [6.45, 7) is 3.58. The summed E-state index contributed by atoms with van der Waals surface area (Å²) < 4.78 is 26.5. The van der Waals surface area contributed by atoms with Gasteiger partial charge in [0.2, 0.25) is 0 Å². The predicted molar refractivity (Wildman–Crippen MR) is 108 cm³/mol. The SMILES string of the molecule is COC(=O)CCN1CCc2cc(Cl)ccc21.Cc1ccc(S(C)(=O)=O)cc1. The summed E-state index contributed by atoms with van der Waals surface area (Å²) in [7, 11) is -1.60. The number of methoxy groups -OCH3 is 1. The lowest BCUT2D eigenvalue weighted by Gasteiger charge is -2.18. The molecule has 0 saturated heterocycles. The molecule has 0 fully saturated rings. The fourth-order valence-corrected chi connectivity index (χ4v) is 3.61. The summed E-state index contributed by atoms with van der Waals surface area (Å²) in [4.78, 5) is 13.6. The molecule has 2 aromatic rings. The largest absolute Gasteiger partial charge is 0.469 e. The van der Waals surface area contributed by atoms with Crippen LogP contribution in [0.3, 0.4) is 0 Å². The van der Waals surface area contributed by atoms with Crippen molar-refractivity contribution in [3.63, 3.8) is 0 Å². The number of ether oxygens (including phenoxy) is 1. The number of hydrogen-bond donors (Lipinski definition) is 0. The van der Waals surface area contributed by atoms with Crippen LogP contribution in [0, 0.1) is 6.92 Å². The molecule has 0 bridgehead atoms. The van der Waals surface area contributed by atoms with Crippen molar-refractivity contribution in [3.8, 4) is 0 Å². The molecule has 146 valence electrons. The number of sulfone groups is 1. The van der Waals surface area contributed by atoms with Gasteiger partial charge < -0.3 is 9.64 Å². The van der Waals surface area contributed by atoms with Crippen molar-refractivity contribution in [1.82, 2.24) is 0 Å². The number of hydrogen-bond acceptors (Lipinski definition) is 5. The number of carbonyl (C=O) groups excluding carboxylic acids is 1. The monoisotopic (exact) mass is 409 g/mol. The Morgan fingerprint density at radius 2 is 1.85 bits per heavy atom. The first-order chi connectivity index (χ1) is 12.7. The van der Waals surface area contributed by atoms with Crippen molar-refractivity contribution in [2.75, 3.05) is 31.4 Å². The lowest BCUT2D eigenvalue weighted by Crippen LogP contribution is -2.24. The van der Waals surface area contributed by atoms with Crippen LogP contribution in [0.1, 0.15) is 17.5 Å².